The van der Waals surface area contributed by atoms with Crippen LogP contribution >= 0.6 is 0 Å². The summed E-state index contributed by atoms with van der Waals surface area (Å²) in [7, 11) is 0. The first-order chi connectivity index (χ1) is 12.9. The Morgan fingerprint density at radius 3 is 2.74 bits per heavy atom. The number of aliphatic hydroxyl groups is 1. The molecular weight excluding hydrogens is 340 g/mol. The highest BCUT2D eigenvalue weighted by Gasteiger charge is 2.39. The number of nitrogens with one attached hydrogen (secondary N) is 1. The number of likely N-dealkylation sites (tertiary alicyclic amines) is 1. The summed E-state index contributed by atoms with van der Waals surface area (Å²) < 4.78 is 0. The van der Waals surface area contributed by atoms with Gasteiger partial charge < -0.3 is 15.2 Å². The number of hydrogen-bond acceptors (Lipinski definition) is 3. The third-order valence-electron chi connectivity index (χ3n) is 5.63. The van der Waals surface area contributed by atoms with E-state index in [1.807, 2.05) is 56.3 Å². The summed E-state index contributed by atoms with van der Waals surface area (Å²) in [5.41, 5.74) is 4.10. The zero-order chi connectivity index (χ0) is 19.2. The van der Waals surface area contributed by atoms with Gasteiger partial charge in [0.25, 0.3) is 0 Å². The number of carboxylic acid groups (broad SMARTS) is 1. The Labute approximate surface area is 158 Å². The van der Waals surface area contributed by atoms with E-state index in [1.165, 1.54) is 0 Å². The number of aryl methyl sites for hydroxylation is 2. The molecule has 1 aliphatic rings. The molecule has 1 aliphatic heterocycles. The molecule has 0 saturated carbocycles. The summed E-state index contributed by atoms with van der Waals surface area (Å²) in [4.78, 5) is 16.9. The normalized spacial score (nSPS) is 20.4. The maximum Gasteiger partial charge on any atom is 0.352 e. The van der Waals surface area contributed by atoms with Crippen molar-refractivity contribution in [2.24, 2.45) is 0 Å². The topological polar surface area (TPSA) is 76.6 Å². The van der Waals surface area contributed by atoms with E-state index < -0.39 is 11.6 Å². The first kappa shape index (κ1) is 17.8. The van der Waals surface area contributed by atoms with Crippen molar-refractivity contribution >= 4 is 16.9 Å². The van der Waals surface area contributed by atoms with Crippen molar-refractivity contribution in [3.8, 4) is 0 Å². The lowest BCUT2D eigenvalue weighted by Crippen LogP contribution is -2.31. The Kier molecular flexibility index (Phi) is 4.29. The van der Waals surface area contributed by atoms with Gasteiger partial charge in [0.05, 0.1) is 0 Å². The monoisotopic (exact) mass is 364 g/mol. The number of β-amino-alcohol motifs (C(OH)–C–C–N with tert-alkyl or cyclic N) is 1. The molecule has 1 atom stereocenters. The molecule has 0 radical (unpaired) electrons. The number of carboxylic acids is 1. The molecule has 27 heavy (non-hydrogen) atoms. The first-order valence-corrected chi connectivity index (χ1v) is 9.23. The molecule has 0 amide bonds. The number of aromatic nitrogens is 1. The van der Waals surface area contributed by atoms with Crippen molar-refractivity contribution < 1.29 is 15.0 Å². The summed E-state index contributed by atoms with van der Waals surface area (Å²) in [5, 5.41) is 21.8. The lowest BCUT2D eigenvalue weighted by atomic mass is 9.89. The molecule has 1 fully saturated rings. The van der Waals surface area contributed by atoms with Crippen LogP contribution in [-0.2, 0) is 12.1 Å². The van der Waals surface area contributed by atoms with Crippen molar-refractivity contribution in [2.75, 3.05) is 13.1 Å². The summed E-state index contributed by atoms with van der Waals surface area (Å²) in [6, 6.07) is 13.8. The Balaban J connectivity index is 1.66. The fourth-order valence-electron chi connectivity index (χ4n) is 4.25. The van der Waals surface area contributed by atoms with Crippen molar-refractivity contribution in [1.82, 2.24) is 9.88 Å². The largest absolute Gasteiger partial charge is 0.477 e. The number of hydrogen-bond donors (Lipinski definition) is 3. The smallest absolute Gasteiger partial charge is 0.352 e. The molecule has 1 aromatic heterocycles. The minimum absolute atomic E-state index is 0.238. The predicted molar refractivity (Wildman–Crippen MR) is 105 cm³/mol. The zero-order valence-corrected chi connectivity index (χ0v) is 15.6. The van der Waals surface area contributed by atoms with Crippen LogP contribution in [0.3, 0.4) is 0 Å². The number of nitrogens with zero attached hydrogens (tertiary/aromatic N) is 1. The van der Waals surface area contributed by atoms with E-state index in [-0.39, 0.29) is 5.69 Å². The summed E-state index contributed by atoms with van der Waals surface area (Å²) in [5.74, 6) is -0.952. The molecule has 4 rings (SSSR count). The van der Waals surface area contributed by atoms with Crippen LogP contribution in [0.1, 0.15) is 39.2 Å². The minimum Gasteiger partial charge on any atom is -0.477 e. The molecule has 140 valence electrons. The third kappa shape index (κ3) is 3.13. The van der Waals surface area contributed by atoms with E-state index in [0.29, 0.717) is 19.5 Å². The van der Waals surface area contributed by atoms with Gasteiger partial charge in [-0.2, -0.15) is 0 Å². The van der Waals surface area contributed by atoms with Crippen LogP contribution in [0, 0.1) is 13.8 Å². The average molecular weight is 364 g/mol. The molecule has 1 saturated heterocycles. The fraction of sp³-hybridized carbons (Fsp3) is 0.318. The van der Waals surface area contributed by atoms with Gasteiger partial charge in [0.2, 0.25) is 0 Å². The molecule has 0 aliphatic carbocycles. The highest BCUT2D eigenvalue weighted by atomic mass is 16.4. The van der Waals surface area contributed by atoms with Crippen molar-refractivity contribution in [3.63, 3.8) is 0 Å². The maximum atomic E-state index is 11.7. The van der Waals surface area contributed by atoms with Crippen LogP contribution in [0.25, 0.3) is 10.9 Å². The highest BCUT2D eigenvalue weighted by molar-refractivity contribution is 5.97. The van der Waals surface area contributed by atoms with Gasteiger partial charge in [-0.25, -0.2) is 4.79 Å². The number of fused-ring (bicyclic) bond motifs is 1. The SMILES string of the molecule is Cc1ccc2[nH]c(C(=O)O)c(CN3CC[C@@](O)(c4ccccc4C)C3)c2c1. The molecule has 3 N–H and O–H groups in total. The predicted octanol–water partition coefficient (Wildman–Crippen LogP) is 3.58. The summed E-state index contributed by atoms with van der Waals surface area (Å²) in [6.45, 7) is 5.74. The van der Waals surface area contributed by atoms with Crippen LogP contribution < -0.4 is 0 Å². The lowest BCUT2D eigenvalue weighted by Gasteiger charge is -2.25. The molecule has 0 spiro atoms. The van der Waals surface area contributed by atoms with Crippen molar-refractivity contribution in [3.05, 3.63) is 70.4 Å². The summed E-state index contributed by atoms with van der Waals surface area (Å²) >= 11 is 0. The van der Waals surface area contributed by atoms with Gasteiger partial charge in [-0.1, -0.05) is 35.9 Å². The van der Waals surface area contributed by atoms with Crippen LogP contribution in [0.2, 0.25) is 0 Å². The van der Waals surface area contributed by atoms with E-state index in [2.05, 4.69) is 9.88 Å². The van der Waals surface area contributed by atoms with Gasteiger partial charge >= 0.3 is 5.97 Å². The van der Waals surface area contributed by atoms with Crippen LogP contribution in [-0.4, -0.2) is 39.2 Å². The average Bonchev–Trinajstić information content (AvgIpc) is 3.17. The quantitative estimate of drug-likeness (QED) is 0.661. The number of rotatable bonds is 4. The molecule has 5 nitrogen and oxygen atoms in total. The van der Waals surface area contributed by atoms with Gasteiger partial charge in [-0.15, -0.1) is 0 Å². The van der Waals surface area contributed by atoms with E-state index in [4.69, 9.17) is 0 Å². The van der Waals surface area contributed by atoms with E-state index in [1.54, 1.807) is 0 Å². The number of aromatic amines is 1. The molecular formula is C22H24N2O3. The highest BCUT2D eigenvalue weighted by Crippen LogP contribution is 2.35. The molecule has 2 aromatic carbocycles. The molecule has 0 bridgehead atoms. The van der Waals surface area contributed by atoms with Crippen molar-refractivity contribution in [1.29, 1.82) is 0 Å². The molecule has 5 heteroatoms. The third-order valence-corrected chi connectivity index (χ3v) is 5.63. The van der Waals surface area contributed by atoms with Crippen molar-refractivity contribution in [2.45, 2.75) is 32.4 Å². The number of carbonyl (C=O) groups is 1. The molecule has 2 heterocycles. The van der Waals surface area contributed by atoms with Crippen LogP contribution in [0.5, 0.6) is 0 Å². The number of H-pyrrole nitrogens is 1. The second kappa shape index (κ2) is 6.51. The zero-order valence-electron chi connectivity index (χ0n) is 15.6. The van der Waals surface area contributed by atoms with Gasteiger partial charge in [0.15, 0.2) is 0 Å². The fourth-order valence-corrected chi connectivity index (χ4v) is 4.25. The standard InChI is InChI=1S/C22H24N2O3/c1-14-7-8-19-16(11-14)17(20(23-19)21(25)26)12-24-10-9-22(27,13-24)18-6-4-3-5-15(18)2/h3-8,11,23,27H,9-10,12-13H2,1-2H3,(H,25,26)/t22-/m0/s1. The van der Waals surface area contributed by atoms with Gasteiger partial charge in [0, 0.05) is 36.1 Å². The Morgan fingerprint density at radius 1 is 1.22 bits per heavy atom. The van der Waals surface area contributed by atoms with Gasteiger partial charge in [-0.05, 0) is 43.5 Å². The Hall–Kier alpha value is -2.63. The van der Waals surface area contributed by atoms with Gasteiger partial charge in [-0.3, -0.25) is 4.90 Å². The van der Waals surface area contributed by atoms with E-state index >= 15 is 0 Å². The number of aromatic carboxylic acids is 1. The van der Waals surface area contributed by atoms with Crippen LogP contribution in [0.4, 0.5) is 0 Å². The van der Waals surface area contributed by atoms with E-state index in [0.717, 1.165) is 39.7 Å². The Bertz CT molecular complexity index is 1020. The lowest BCUT2D eigenvalue weighted by molar-refractivity contribution is 0.0447. The second-order valence-electron chi connectivity index (χ2n) is 7.64. The Morgan fingerprint density at radius 2 is 2.00 bits per heavy atom. The maximum absolute atomic E-state index is 11.7. The van der Waals surface area contributed by atoms with Gasteiger partial charge in [0.1, 0.15) is 11.3 Å². The molecule has 3 aromatic rings. The van der Waals surface area contributed by atoms with Crippen LogP contribution in [0.15, 0.2) is 42.5 Å². The second-order valence-corrected chi connectivity index (χ2v) is 7.64. The number of benzene rings is 2. The molecule has 0 unspecified atom stereocenters. The summed E-state index contributed by atoms with van der Waals surface area (Å²) in [6.07, 6.45) is 0.641. The van der Waals surface area contributed by atoms with E-state index in [9.17, 15) is 15.0 Å². The first-order valence-electron chi connectivity index (χ1n) is 9.23. The minimum atomic E-state index is -0.952.